The van der Waals surface area contributed by atoms with Gasteiger partial charge >= 0.3 is 0 Å². The van der Waals surface area contributed by atoms with E-state index in [2.05, 4.69) is 9.97 Å². The van der Waals surface area contributed by atoms with Crippen LogP contribution in [0, 0.1) is 11.6 Å². The quantitative estimate of drug-likeness (QED) is 0.742. The van der Waals surface area contributed by atoms with Crippen molar-refractivity contribution >= 4 is 0 Å². The molecule has 2 saturated heterocycles. The van der Waals surface area contributed by atoms with Crippen molar-refractivity contribution in [3.8, 4) is 22.6 Å². The number of nitrogens with zero attached hydrogens (tertiary/aromatic N) is 4. The minimum Gasteiger partial charge on any atom is -0.388 e. The van der Waals surface area contributed by atoms with Gasteiger partial charge in [0.1, 0.15) is 18.3 Å². The van der Waals surface area contributed by atoms with Gasteiger partial charge in [-0.2, -0.15) is 0 Å². The number of aliphatic hydroxyl groups is 1. The second-order valence-corrected chi connectivity index (χ2v) is 7.10. The number of fused-ring (bicyclic) bond motifs is 1. The molecular weight excluding hydrogens is 370 g/mol. The van der Waals surface area contributed by atoms with Gasteiger partial charge in [0.15, 0.2) is 11.6 Å². The first kappa shape index (κ1) is 17.5. The highest BCUT2D eigenvalue weighted by molar-refractivity contribution is 5.77. The molecule has 1 N–H and O–H groups in total. The zero-order valence-electron chi connectivity index (χ0n) is 15.0. The lowest BCUT2D eigenvalue weighted by Gasteiger charge is -2.20. The Balaban J connectivity index is 1.65. The molecule has 0 saturated carbocycles. The molecule has 0 bridgehead atoms. The van der Waals surface area contributed by atoms with Crippen molar-refractivity contribution in [1.82, 2.24) is 19.1 Å². The second-order valence-electron chi connectivity index (χ2n) is 7.10. The molecule has 4 heterocycles. The number of halogens is 2. The predicted molar refractivity (Wildman–Crippen MR) is 94.3 cm³/mol. The van der Waals surface area contributed by atoms with Gasteiger partial charge in [-0.25, -0.2) is 18.7 Å². The standard InChI is InChI=1S/C19H18F2N4O3/c1-24-8-22-5-13(24)17-16(10-2-3-11(20)12(21)4-10)23-9-25(17)14-6-27-19-15(26)7-28-18(14)19/h2-5,8-9,14-15,18-19,26H,6-7H2,1H3/t14-,15+,18+,19+/m0/s1. The number of hydrogen-bond donors (Lipinski definition) is 1. The van der Waals surface area contributed by atoms with E-state index in [1.165, 1.54) is 6.07 Å². The molecule has 3 aromatic rings. The Morgan fingerprint density at radius 2 is 1.93 bits per heavy atom. The third-order valence-corrected chi connectivity index (χ3v) is 5.40. The van der Waals surface area contributed by atoms with Gasteiger partial charge in [-0.1, -0.05) is 0 Å². The zero-order chi connectivity index (χ0) is 19.4. The van der Waals surface area contributed by atoms with Crippen LogP contribution in [0.25, 0.3) is 22.6 Å². The molecule has 9 heteroatoms. The average Bonchev–Trinajstić information content (AvgIpc) is 3.43. The van der Waals surface area contributed by atoms with Gasteiger partial charge in [0, 0.05) is 12.6 Å². The molecule has 0 radical (unpaired) electrons. The summed E-state index contributed by atoms with van der Waals surface area (Å²) in [4.78, 5) is 8.67. The summed E-state index contributed by atoms with van der Waals surface area (Å²) in [6, 6.07) is 3.50. The van der Waals surface area contributed by atoms with E-state index in [0.29, 0.717) is 23.6 Å². The molecule has 0 amide bonds. The fourth-order valence-electron chi connectivity index (χ4n) is 4.00. The molecule has 146 valence electrons. The molecule has 1 aromatic carbocycles. The number of benzene rings is 1. The topological polar surface area (TPSA) is 74.3 Å². The Bertz CT molecular complexity index is 1030. The lowest BCUT2D eigenvalue weighted by atomic mass is 10.1. The van der Waals surface area contributed by atoms with E-state index < -0.39 is 23.8 Å². The molecule has 5 rings (SSSR count). The van der Waals surface area contributed by atoms with Crippen LogP contribution in [0.2, 0.25) is 0 Å². The van der Waals surface area contributed by atoms with Crippen LogP contribution >= 0.6 is 0 Å². The smallest absolute Gasteiger partial charge is 0.159 e. The van der Waals surface area contributed by atoms with Gasteiger partial charge in [-0.05, 0) is 18.2 Å². The highest BCUT2D eigenvalue weighted by Gasteiger charge is 2.48. The summed E-state index contributed by atoms with van der Waals surface area (Å²) in [5.41, 5.74) is 2.42. The minimum atomic E-state index is -0.936. The van der Waals surface area contributed by atoms with Crippen LogP contribution in [0.5, 0.6) is 0 Å². The predicted octanol–water partition coefficient (Wildman–Crippen LogP) is 1.93. The summed E-state index contributed by atoms with van der Waals surface area (Å²) in [7, 11) is 1.85. The van der Waals surface area contributed by atoms with Crippen molar-refractivity contribution in [1.29, 1.82) is 0 Å². The molecule has 2 aromatic heterocycles. The van der Waals surface area contributed by atoms with E-state index in [9.17, 15) is 13.9 Å². The summed E-state index contributed by atoms with van der Waals surface area (Å²) in [6.45, 7) is 0.572. The molecule has 28 heavy (non-hydrogen) atoms. The first-order valence-corrected chi connectivity index (χ1v) is 8.95. The zero-order valence-corrected chi connectivity index (χ0v) is 15.0. The van der Waals surface area contributed by atoms with E-state index in [-0.39, 0.29) is 18.8 Å². The van der Waals surface area contributed by atoms with Gasteiger partial charge in [0.05, 0.1) is 55.2 Å². The Morgan fingerprint density at radius 3 is 2.68 bits per heavy atom. The highest BCUT2D eigenvalue weighted by atomic mass is 19.2. The Hall–Kier alpha value is -2.62. The first-order valence-electron chi connectivity index (χ1n) is 8.95. The largest absolute Gasteiger partial charge is 0.388 e. The molecule has 0 unspecified atom stereocenters. The number of aryl methyl sites for hydroxylation is 1. The molecule has 0 spiro atoms. The first-order chi connectivity index (χ1) is 13.5. The summed E-state index contributed by atoms with van der Waals surface area (Å²) >= 11 is 0. The van der Waals surface area contributed by atoms with E-state index >= 15 is 0 Å². The van der Waals surface area contributed by atoms with Crippen LogP contribution in [-0.4, -0.2) is 55.7 Å². The summed E-state index contributed by atoms with van der Waals surface area (Å²) < 4.78 is 42.5. The minimum absolute atomic E-state index is 0.210. The normalized spacial score (nSPS) is 26.7. The molecule has 0 aliphatic carbocycles. The number of ether oxygens (including phenoxy) is 2. The molecule has 4 atom stereocenters. The van der Waals surface area contributed by atoms with Crippen molar-refractivity contribution in [3.63, 3.8) is 0 Å². The van der Waals surface area contributed by atoms with Crippen LogP contribution in [0.4, 0.5) is 8.78 Å². The van der Waals surface area contributed by atoms with Gasteiger partial charge in [0.2, 0.25) is 0 Å². The van der Waals surface area contributed by atoms with Crippen molar-refractivity contribution in [2.24, 2.45) is 7.05 Å². The maximum Gasteiger partial charge on any atom is 0.159 e. The number of rotatable bonds is 3. The van der Waals surface area contributed by atoms with Crippen LogP contribution < -0.4 is 0 Å². The SMILES string of the molecule is Cn1cncc1-c1c(-c2ccc(F)c(F)c2)ncn1[C@H]1CO[C@H]2[C@@H]1OC[C@H]2O. The Kier molecular flexibility index (Phi) is 4.04. The maximum atomic E-state index is 13.9. The summed E-state index contributed by atoms with van der Waals surface area (Å²) in [5.74, 6) is -1.85. The fraction of sp³-hybridized carbons (Fsp3) is 0.368. The third kappa shape index (κ3) is 2.58. The molecule has 2 aliphatic rings. The monoisotopic (exact) mass is 388 g/mol. The van der Waals surface area contributed by atoms with Crippen LogP contribution in [0.3, 0.4) is 0 Å². The molecule has 7 nitrogen and oxygen atoms in total. The van der Waals surface area contributed by atoms with Crippen molar-refractivity contribution in [2.75, 3.05) is 13.2 Å². The third-order valence-electron chi connectivity index (χ3n) is 5.40. The number of imidazole rings is 2. The van der Waals surface area contributed by atoms with Crippen LogP contribution in [0.1, 0.15) is 6.04 Å². The van der Waals surface area contributed by atoms with Crippen LogP contribution in [-0.2, 0) is 16.5 Å². The van der Waals surface area contributed by atoms with E-state index in [4.69, 9.17) is 9.47 Å². The molecule has 2 fully saturated rings. The molecular formula is C19H18F2N4O3. The fourth-order valence-corrected chi connectivity index (χ4v) is 4.00. The average molecular weight is 388 g/mol. The van der Waals surface area contributed by atoms with E-state index in [1.807, 2.05) is 16.2 Å². The number of aromatic nitrogens is 4. The Labute approximate surface area is 159 Å². The van der Waals surface area contributed by atoms with Crippen molar-refractivity contribution in [2.45, 2.75) is 24.4 Å². The lowest BCUT2D eigenvalue weighted by Crippen LogP contribution is -2.30. The molecule has 2 aliphatic heterocycles. The summed E-state index contributed by atoms with van der Waals surface area (Å²) in [5, 5.41) is 10.0. The maximum absolute atomic E-state index is 13.9. The van der Waals surface area contributed by atoms with Gasteiger partial charge in [0.25, 0.3) is 0 Å². The van der Waals surface area contributed by atoms with Crippen molar-refractivity contribution in [3.05, 3.63) is 48.7 Å². The summed E-state index contributed by atoms with van der Waals surface area (Å²) in [6.07, 6.45) is 3.63. The van der Waals surface area contributed by atoms with E-state index in [1.54, 1.807) is 18.9 Å². The number of hydrogen-bond acceptors (Lipinski definition) is 5. The van der Waals surface area contributed by atoms with Crippen molar-refractivity contribution < 1.29 is 23.4 Å². The highest BCUT2D eigenvalue weighted by Crippen LogP contribution is 2.40. The van der Waals surface area contributed by atoms with Gasteiger partial charge in [-0.3, -0.25) is 0 Å². The number of aliphatic hydroxyl groups excluding tert-OH is 1. The van der Waals surface area contributed by atoms with Crippen LogP contribution in [0.15, 0.2) is 37.1 Å². The Morgan fingerprint density at radius 1 is 1.11 bits per heavy atom. The lowest BCUT2D eigenvalue weighted by molar-refractivity contribution is 0.0172. The van der Waals surface area contributed by atoms with Gasteiger partial charge < -0.3 is 23.7 Å². The van der Waals surface area contributed by atoms with Gasteiger partial charge in [-0.15, -0.1) is 0 Å². The second kappa shape index (κ2) is 6.47. The van der Waals surface area contributed by atoms with E-state index in [0.717, 1.165) is 17.8 Å².